The van der Waals surface area contributed by atoms with E-state index in [2.05, 4.69) is 35.8 Å². The number of guanidine groups is 1. The fraction of sp³-hybridized carbons (Fsp3) is 0.867. The Morgan fingerprint density at radius 3 is 1.74 bits per heavy atom. The number of likely N-dealkylation sites (N-methyl/N-ethyl adjacent to an activating group) is 4. The van der Waals surface area contributed by atoms with Gasteiger partial charge in [-0.15, -0.1) is 12.4 Å². The van der Waals surface area contributed by atoms with Crippen molar-refractivity contribution in [1.82, 2.24) is 15.1 Å². The van der Waals surface area contributed by atoms with Gasteiger partial charge in [0.2, 0.25) is 0 Å². The molecule has 2 rings (SSSR count). The van der Waals surface area contributed by atoms with E-state index < -0.39 is 0 Å². The normalized spacial score (nSPS) is 16.0. The third-order valence-corrected chi connectivity index (χ3v) is 3.81. The minimum atomic E-state index is 0. The number of amidine groups is 1. The van der Waals surface area contributed by atoms with Crippen LogP contribution >= 0.6 is 24.0 Å². The number of nitrogens with two attached hydrogens (primary N) is 1. The van der Waals surface area contributed by atoms with Crippen molar-refractivity contribution >= 4 is 35.3 Å². The molecule has 2 aliphatic heterocycles. The maximum Gasteiger partial charge on any atom is 0.347 e. The molecule has 8 heteroatoms. The quantitative estimate of drug-likeness (QED) is 0.526. The van der Waals surface area contributed by atoms with Crippen molar-refractivity contribution in [3.05, 3.63) is 0 Å². The molecule has 0 fully saturated rings. The predicted molar refractivity (Wildman–Crippen MR) is 106 cm³/mol. The van der Waals surface area contributed by atoms with E-state index in [4.69, 9.17) is 17.3 Å². The number of nitrogens with one attached hydrogen (secondary N) is 1. The van der Waals surface area contributed by atoms with Crippen LogP contribution in [0, 0.1) is 0 Å². The van der Waals surface area contributed by atoms with Crippen molar-refractivity contribution in [2.45, 2.75) is 21.3 Å². The standard InChI is InChI=1S/C7H15N3.C5H10ClN2.C2H7N.CH4.ClH/c1-4-8-7-9(2)5-6-10(7)3;1-7-3-4-8(2)5(7)6;1-2-3;;/h4-6H2,1-3H3;3-4H2,1-2H3;2-3H2,1H3;1H4;1H/q;+1;;;/p+1. The summed E-state index contributed by atoms with van der Waals surface area (Å²) in [5.74, 6) is 1.25. The first-order valence-electron chi connectivity index (χ1n) is 7.56. The molecule has 0 bridgehead atoms. The lowest BCUT2D eigenvalue weighted by molar-refractivity contribution is -0.488. The molecule has 0 aliphatic carbocycles. The van der Waals surface area contributed by atoms with Crippen molar-refractivity contribution in [2.75, 3.05) is 67.5 Å². The molecule has 140 valence electrons. The van der Waals surface area contributed by atoms with Gasteiger partial charge in [0.1, 0.15) is 13.1 Å². The maximum atomic E-state index is 5.78. The lowest BCUT2D eigenvalue weighted by Gasteiger charge is -2.06. The molecule has 0 aromatic rings. The van der Waals surface area contributed by atoms with Gasteiger partial charge in [-0.3, -0.25) is 24.3 Å². The molecule has 23 heavy (non-hydrogen) atoms. The smallest absolute Gasteiger partial charge is 0.331 e. The van der Waals surface area contributed by atoms with Gasteiger partial charge in [-0.1, -0.05) is 14.4 Å². The molecule has 3 N–H and O–H groups in total. The van der Waals surface area contributed by atoms with Gasteiger partial charge < -0.3 is 5.73 Å². The number of nitrogens with zero attached hydrogens (tertiary/aromatic N) is 4. The fourth-order valence-electron chi connectivity index (χ4n) is 2.01. The lowest BCUT2D eigenvalue weighted by Crippen LogP contribution is -2.38. The van der Waals surface area contributed by atoms with Gasteiger partial charge >= 0.3 is 11.3 Å². The van der Waals surface area contributed by atoms with Gasteiger partial charge in [-0.05, 0) is 13.5 Å². The third kappa shape index (κ3) is 9.89. The summed E-state index contributed by atoms with van der Waals surface area (Å²) in [4.78, 5) is 4.27. The number of halogens is 2. The van der Waals surface area contributed by atoms with Crippen LogP contribution < -0.4 is 11.1 Å². The van der Waals surface area contributed by atoms with Gasteiger partial charge in [-0.25, -0.2) is 0 Å². The highest BCUT2D eigenvalue weighted by atomic mass is 35.5. The lowest BCUT2D eigenvalue weighted by atomic mass is 10.6. The van der Waals surface area contributed by atoms with Gasteiger partial charge in [-0.2, -0.15) is 0 Å². The van der Waals surface area contributed by atoms with Gasteiger partial charge in [0.05, 0.1) is 47.8 Å². The Kier molecular flexibility index (Phi) is 17.5. The van der Waals surface area contributed by atoms with E-state index in [0.717, 1.165) is 44.6 Å². The van der Waals surface area contributed by atoms with E-state index in [1.807, 2.05) is 30.5 Å². The van der Waals surface area contributed by atoms with Crippen molar-refractivity contribution in [2.24, 2.45) is 5.73 Å². The van der Waals surface area contributed by atoms with Crippen LogP contribution in [0.15, 0.2) is 0 Å². The van der Waals surface area contributed by atoms with Crippen molar-refractivity contribution in [3.63, 3.8) is 0 Å². The Labute approximate surface area is 154 Å². The van der Waals surface area contributed by atoms with E-state index >= 15 is 0 Å². The Bertz CT molecular complexity index is 371. The predicted octanol–water partition coefficient (Wildman–Crippen LogP) is 0.731. The second-order valence-electron chi connectivity index (χ2n) is 5.22. The van der Waals surface area contributed by atoms with Crippen molar-refractivity contribution < 1.29 is 9.15 Å². The Morgan fingerprint density at radius 2 is 1.52 bits per heavy atom. The zero-order valence-corrected chi connectivity index (χ0v) is 16.5. The fourth-order valence-corrected chi connectivity index (χ4v) is 2.18. The average Bonchev–Trinajstić information content (AvgIpc) is 2.91. The van der Waals surface area contributed by atoms with Crippen molar-refractivity contribution in [3.8, 4) is 0 Å². The summed E-state index contributed by atoms with van der Waals surface area (Å²) >= 11 is 5.78. The SMILES string of the molecule is C.CCN.CCNC1=[N+](C)CCN1C.CN1CC[N+](C)=C1Cl.Cl. The molecule has 0 saturated carbocycles. The molecule has 0 aromatic heterocycles. The van der Waals surface area contributed by atoms with Crippen LogP contribution in [0.3, 0.4) is 0 Å². The van der Waals surface area contributed by atoms with Crippen LogP contribution in [-0.4, -0.2) is 97.7 Å². The molecular weight excluding hydrogens is 335 g/mol. The molecule has 2 heterocycles. The summed E-state index contributed by atoms with van der Waals surface area (Å²) in [5, 5.41) is 4.16. The summed E-state index contributed by atoms with van der Waals surface area (Å²) in [6, 6.07) is 0. The molecule has 0 atom stereocenters. The molecule has 0 spiro atoms. The molecule has 0 aromatic carbocycles. The van der Waals surface area contributed by atoms with E-state index in [1.54, 1.807) is 0 Å². The van der Waals surface area contributed by atoms with Crippen LogP contribution in [0.25, 0.3) is 0 Å². The topological polar surface area (TPSA) is 50.5 Å². The largest absolute Gasteiger partial charge is 0.347 e. The molecular formula is C15H38Cl2N6+2. The summed E-state index contributed by atoms with van der Waals surface area (Å²) < 4.78 is 4.27. The molecule has 0 saturated heterocycles. The minimum Gasteiger partial charge on any atom is -0.331 e. The van der Waals surface area contributed by atoms with E-state index in [-0.39, 0.29) is 19.8 Å². The van der Waals surface area contributed by atoms with Crippen LogP contribution in [0.5, 0.6) is 0 Å². The van der Waals surface area contributed by atoms with Gasteiger partial charge in [0.25, 0.3) is 0 Å². The van der Waals surface area contributed by atoms with E-state index in [1.165, 1.54) is 5.96 Å². The first kappa shape index (κ1) is 27.1. The van der Waals surface area contributed by atoms with Crippen LogP contribution in [0.2, 0.25) is 0 Å². The summed E-state index contributed by atoms with van der Waals surface area (Å²) in [6.45, 7) is 10.2. The summed E-state index contributed by atoms with van der Waals surface area (Å²) in [6.07, 6.45) is 0. The highest BCUT2D eigenvalue weighted by Crippen LogP contribution is 1.98. The second-order valence-corrected chi connectivity index (χ2v) is 5.56. The molecule has 6 nitrogen and oxygen atoms in total. The van der Waals surface area contributed by atoms with E-state index in [0.29, 0.717) is 0 Å². The second kappa shape index (κ2) is 14.8. The highest BCUT2D eigenvalue weighted by Gasteiger charge is 2.22. The third-order valence-electron chi connectivity index (χ3n) is 3.23. The minimum absolute atomic E-state index is 0. The van der Waals surface area contributed by atoms with Crippen LogP contribution in [-0.2, 0) is 0 Å². The van der Waals surface area contributed by atoms with Gasteiger partial charge in [0.15, 0.2) is 0 Å². The monoisotopic (exact) mass is 372 g/mol. The Morgan fingerprint density at radius 1 is 1.09 bits per heavy atom. The molecule has 2 aliphatic rings. The zero-order chi connectivity index (χ0) is 16.4. The summed E-state index contributed by atoms with van der Waals surface area (Å²) in [5.41, 5.74) is 4.85. The molecule has 0 radical (unpaired) electrons. The van der Waals surface area contributed by atoms with Crippen LogP contribution in [0.4, 0.5) is 0 Å². The highest BCUT2D eigenvalue weighted by molar-refractivity contribution is 6.63. The first-order valence-corrected chi connectivity index (χ1v) is 7.94. The van der Waals surface area contributed by atoms with Gasteiger partial charge in [0, 0.05) is 11.6 Å². The van der Waals surface area contributed by atoms with E-state index in [9.17, 15) is 0 Å². The number of rotatable bonds is 1. The first-order chi connectivity index (χ1) is 9.88. The Hall–Kier alpha value is -0.720. The molecule has 0 unspecified atom stereocenters. The number of hydrogen-bond donors (Lipinski definition) is 2. The summed E-state index contributed by atoms with van der Waals surface area (Å²) in [7, 11) is 8.21. The molecule has 0 amide bonds. The van der Waals surface area contributed by atoms with Crippen molar-refractivity contribution in [1.29, 1.82) is 0 Å². The number of hydrogen-bond acceptors (Lipinski definition) is 4. The van der Waals surface area contributed by atoms with Crippen LogP contribution in [0.1, 0.15) is 21.3 Å². The Balaban J connectivity index is -0.000000281. The average molecular weight is 373 g/mol. The zero-order valence-electron chi connectivity index (χ0n) is 14.9. The maximum absolute atomic E-state index is 5.78.